The van der Waals surface area contributed by atoms with Crippen molar-refractivity contribution in [3.63, 3.8) is 0 Å². The van der Waals surface area contributed by atoms with Gasteiger partial charge in [-0.2, -0.15) is 0 Å². The van der Waals surface area contributed by atoms with Crippen LogP contribution in [0.3, 0.4) is 0 Å². The number of aromatic nitrogens is 3. The maximum absolute atomic E-state index is 11.0. The first kappa shape index (κ1) is 14.2. The summed E-state index contributed by atoms with van der Waals surface area (Å²) in [5.41, 5.74) is 0.429. The van der Waals surface area contributed by atoms with Gasteiger partial charge in [0.1, 0.15) is 18.6 Å². The van der Waals surface area contributed by atoms with Gasteiger partial charge in [0.05, 0.1) is 11.0 Å². The van der Waals surface area contributed by atoms with Crippen LogP contribution in [0.1, 0.15) is 26.3 Å². The van der Waals surface area contributed by atoms with Crippen molar-refractivity contribution in [1.29, 1.82) is 0 Å². The number of fused-ring (bicyclic) bond motifs is 1. The number of ketones is 1. The Morgan fingerprint density at radius 3 is 2.90 bits per heavy atom. The third-order valence-electron chi connectivity index (χ3n) is 2.53. The van der Waals surface area contributed by atoms with E-state index in [1.807, 2.05) is 0 Å². The number of carbonyl (C=O) groups excluding carboxylic acids is 1. The summed E-state index contributed by atoms with van der Waals surface area (Å²) in [6.45, 7) is 4.89. The molecule has 0 saturated carbocycles. The molecule has 6 heteroatoms. The van der Waals surface area contributed by atoms with Crippen molar-refractivity contribution in [3.05, 3.63) is 24.2 Å². The molecule has 0 unspecified atom stereocenters. The van der Waals surface area contributed by atoms with Gasteiger partial charge in [0, 0.05) is 11.8 Å². The third-order valence-corrected chi connectivity index (χ3v) is 2.53. The fourth-order valence-electron chi connectivity index (χ4n) is 1.65. The number of ether oxygens (including phenoxy) is 1. The fourth-order valence-corrected chi connectivity index (χ4v) is 1.65. The zero-order chi connectivity index (χ0) is 14.8. The zero-order valence-electron chi connectivity index (χ0n) is 11.7. The van der Waals surface area contributed by atoms with E-state index in [1.165, 1.54) is 19.3 Å². The van der Waals surface area contributed by atoms with Gasteiger partial charge in [0.25, 0.3) is 0 Å². The number of nitrogens with one attached hydrogen (secondary N) is 1. The average Bonchev–Trinajstić information content (AvgIpc) is 2.76. The average molecular weight is 275 g/mol. The minimum Gasteiger partial charge on any atom is -0.474 e. The van der Waals surface area contributed by atoms with Crippen LogP contribution in [0, 0.1) is 0 Å². The summed E-state index contributed by atoms with van der Waals surface area (Å²) < 4.78 is 5.55. The van der Waals surface area contributed by atoms with Crippen LogP contribution < -0.4 is 4.74 Å². The summed E-state index contributed by atoms with van der Waals surface area (Å²) in [5, 5.41) is 10.4. The van der Waals surface area contributed by atoms with Crippen LogP contribution in [0.25, 0.3) is 17.1 Å². The second-order valence-electron chi connectivity index (χ2n) is 5.19. The van der Waals surface area contributed by atoms with Crippen molar-refractivity contribution in [1.82, 2.24) is 15.0 Å². The van der Waals surface area contributed by atoms with Gasteiger partial charge in [-0.3, -0.25) is 4.79 Å². The van der Waals surface area contributed by atoms with E-state index in [4.69, 9.17) is 4.74 Å². The van der Waals surface area contributed by atoms with E-state index in [0.717, 1.165) is 5.56 Å². The second kappa shape index (κ2) is 5.42. The highest BCUT2D eigenvalue weighted by Crippen LogP contribution is 2.26. The van der Waals surface area contributed by atoms with Gasteiger partial charge in [-0.15, -0.1) is 0 Å². The number of hydrogen-bond donors (Lipinski definition) is 2. The Balaban J connectivity index is 2.39. The Morgan fingerprint density at radius 1 is 1.50 bits per heavy atom. The van der Waals surface area contributed by atoms with E-state index in [-0.39, 0.29) is 12.4 Å². The molecule has 0 aliphatic carbocycles. The Kier molecular flexibility index (Phi) is 3.85. The third kappa shape index (κ3) is 3.42. The molecule has 2 heterocycles. The van der Waals surface area contributed by atoms with Crippen molar-refractivity contribution in [3.8, 4) is 5.88 Å². The Bertz CT molecular complexity index is 653. The monoisotopic (exact) mass is 275 g/mol. The molecule has 2 aromatic rings. The summed E-state index contributed by atoms with van der Waals surface area (Å²) in [5.74, 6) is 0.330. The van der Waals surface area contributed by atoms with Crippen molar-refractivity contribution in [2.75, 3.05) is 6.61 Å². The van der Waals surface area contributed by atoms with E-state index in [1.54, 1.807) is 26.1 Å². The molecule has 6 nitrogen and oxygen atoms in total. The van der Waals surface area contributed by atoms with Crippen LogP contribution in [0.15, 0.2) is 18.6 Å². The topological polar surface area (TPSA) is 88.1 Å². The molecule has 0 aliphatic rings. The lowest BCUT2D eigenvalue weighted by Gasteiger charge is -2.17. The van der Waals surface area contributed by atoms with E-state index in [9.17, 15) is 9.90 Å². The number of allylic oxidation sites excluding steroid dienone is 1. The van der Waals surface area contributed by atoms with Gasteiger partial charge in [-0.25, -0.2) is 9.97 Å². The van der Waals surface area contributed by atoms with E-state index in [2.05, 4.69) is 15.0 Å². The molecule has 0 atom stereocenters. The van der Waals surface area contributed by atoms with Gasteiger partial charge < -0.3 is 14.8 Å². The molecule has 0 aliphatic heterocycles. The lowest BCUT2D eigenvalue weighted by Crippen LogP contribution is -2.28. The number of carbonyl (C=O) groups is 1. The number of rotatable bonds is 5. The van der Waals surface area contributed by atoms with Gasteiger partial charge in [-0.05, 0) is 32.9 Å². The molecule has 0 fully saturated rings. The maximum Gasteiger partial charge on any atom is 0.226 e. The largest absolute Gasteiger partial charge is 0.474 e. The van der Waals surface area contributed by atoms with Crippen molar-refractivity contribution < 1.29 is 14.6 Å². The van der Waals surface area contributed by atoms with Gasteiger partial charge in [0.2, 0.25) is 5.88 Å². The van der Waals surface area contributed by atoms with Crippen molar-refractivity contribution >= 4 is 22.9 Å². The predicted octanol–water partition coefficient (Wildman–Crippen LogP) is 1.71. The highest BCUT2D eigenvalue weighted by atomic mass is 16.5. The number of H-pyrrole nitrogens is 1. The lowest BCUT2D eigenvalue weighted by atomic mass is 10.1. The van der Waals surface area contributed by atoms with Crippen LogP contribution in [0.4, 0.5) is 0 Å². The summed E-state index contributed by atoms with van der Waals surface area (Å²) in [6.07, 6.45) is 6.27. The first-order valence-electron chi connectivity index (χ1n) is 6.23. The highest BCUT2D eigenvalue weighted by molar-refractivity contribution is 5.96. The predicted molar refractivity (Wildman–Crippen MR) is 75.4 cm³/mol. The molecular weight excluding hydrogens is 258 g/mol. The molecule has 2 aromatic heterocycles. The number of aromatic amines is 1. The zero-order valence-corrected chi connectivity index (χ0v) is 11.7. The highest BCUT2D eigenvalue weighted by Gasteiger charge is 2.16. The number of hydrogen-bond acceptors (Lipinski definition) is 5. The molecule has 20 heavy (non-hydrogen) atoms. The van der Waals surface area contributed by atoms with E-state index < -0.39 is 5.60 Å². The Hall–Kier alpha value is -2.21. The molecule has 0 aromatic carbocycles. The van der Waals surface area contributed by atoms with E-state index in [0.29, 0.717) is 16.9 Å². The SMILES string of the molecule is CC(=O)/C=C/c1c[nH]c2ncnc(OCC(C)(C)O)c12. The normalized spacial score (nSPS) is 12.2. The number of nitrogens with zero attached hydrogens (tertiary/aromatic N) is 2. The van der Waals surface area contributed by atoms with Gasteiger partial charge in [0.15, 0.2) is 5.78 Å². The second-order valence-corrected chi connectivity index (χ2v) is 5.19. The molecular formula is C14H17N3O3. The van der Waals surface area contributed by atoms with Crippen molar-refractivity contribution in [2.45, 2.75) is 26.4 Å². The van der Waals surface area contributed by atoms with Crippen LogP contribution >= 0.6 is 0 Å². The van der Waals surface area contributed by atoms with Gasteiger partial charge >= 0.3 is 0 Å². The lowest BCUT2D eigenvalue weighted by molar-refractivity contribution is -0.112. The first-order valence-corrected chi connectivity index (χ1v) is 6.23. The fraction of sp³-hybridized carbons (Fsp3) is 0.357. The Labute approximate surface area is 116 Å². The smallest absolute Gasteiger partial charge is 0.226 e. The molecule has 0 spiro atoms. The minimum absolute atomic E-state index is 0.0461. The summed E-state index contributed by atoms with van der Waals surface area (Å²) >= 11 is 0. The molecule has 0 saturated heterocycles. The van der Waals surface area contributed by atoms with Crippen LogP contribution in [0.5, 0.6) is 5.88 Å². The summed E-state index contributed by atoms with van der Waals surface area (Å²) in [6, 6.07) is 0. The molecule has 0 radical (unpaired) electrons. The first-order chi connectivity index (χ1) is 9.37. The molecule has 2 rings (SSSR count). The standard InChI is InChI=1S/C14H17N3O3/c1-9(18)4-5-10-6-15-12-11(10)13(17-8-16-12)20-7-14(2,3)19/h4-6,8,19H,7H2,1-3H3,(H,15,16,17)/b5-4+. The minimum atomic E-state index is -0.955. The van der Waals surface area contributed by atoms with Crippen LogP contribution in [-0.4, -0.2) is 38.0 Å². The van der Waals surface area contributed by atoms with Crippen LogP contribution in [-0.2, 0) is 4.79 Å². The van der Waals surface area contributed by atoms with Gasteiger partial charge in [-0.1, -0.05) is 0 Å². The molecule has 2 N–H and O–H groups in total. The Morgan fingerprint density at radius 2 is 2.25 bits per heavy atom. The quantitative estimate of drug-likeness (QED) is 0.811. The van der Waals surface area contributed by atoms with Crippen LogP contribution in [0.2, 0.25) is 0 Å². The molecule has 0 amide bonds. The summed E-state index contributed by atoms with van der Waals surface area (Å²) in [4.78, 5) is 22.2. The van der Waals surface area contributed by atoms with E-state index >= 15 is 0 Å². The summed E-state index contributed by atoms with van der Waals surface area (Å²) in [7, 11) is 0. The van der Waals surface area contributed by atoms with Crippen molar-refractivity contribution in [2.24, 2.45) is 0 Å². The molecule has 106 valence electrons. The maximum atomic E-state index is 11.0. The number of aliphatic hydroxyl groups is 1. The molecule has 0 bridgehead atoms.